The lowest BCUT2D eigenvalue weighted by atomic mass is 10.1. The lowest BCUT2D eigenvalue weighted by Crippen LogP contribution is -2.34. The van der Waals surface area contributed by atoms with Crippen molar-refractivity contribution >= 4 is 23.4 Å². The van der Waals surface area contributed by atoms with E-state index in [0.29, 0.717) is 36.5 Å². The van der Waals surface area contributed by atoms with Gasteiger partial charge in [-0.2, -0.15) is 0 Å². The Hall–Kier alpha value is -2.34. The maximum atomic E-state index is 11.9. The number of rotatable bonds is 7. The van der Waals surface area contributed by atoms with E-state index in [9.17, 15) is 9.59 Å². The molecule has 0 saturated heterocycles. The Balaban J connectivity index is 1.66. The molecule has 0 unspecified atom stereocenters. The third kappa shape index (κ3) is 5.09. The minimum Gasteiger partial charge on any atom is -0.361 e. The Kier molecular flexibility index (Phi) is 6.37. The van der Waals surface area contributed by atoms with Crippen LogP contribution in [0.4, 0.5) is 0 Å². The van der Waals surface area contributed by atoms with Crippen LogP contribution in [0.5, 0.6) is 0 Å². The minimum absolute atomic E-state index is 0.0734. The number of benzene rings is 1. The van der Waals surface area contributed by atoms with Gasteiger partial charge < -0.3 is 15.2 Å². The summed E-state index contributed by atoms with van der Waals surface area (Å²) in [6.45, 7) is 4.42. The van der Waals surface area contributed by atoms with Crippen LogP contribution >= 0.6 is 11.6 Å². The molecule has 0 fully saturated rings. The first-order chi connectivity index (χ1) is 11.5. The van der Waals surface area contributed by atoms with E-state index in [1.807, 2.05) is 13.8 Å². The van der Waals surface area contributed by atoms with Crippen LogP contribution in [0.1, 0.15) is 33.8 Å². The minimum atomic E-state index is -0.198. The van der Waals surface area contributed by atoms with E-state index in [-0.39, 0.29) is 11.8 Å². The first-order valence-corrected chi connectivity index (χ1v) is 8.07. The largest absolute Gasteiger partial charge is 0.361 e. The summed E-state index contributed by atoms with van der Waals surface area (Å²) in [4.78, 5) is 23.7. The number of amides is 2. The Morgan fingerprint density at radius 1 is 1.12 bits per heavy atom. The van der Waals surface area contributed by atoms with Gasteiger partial charge in [-0.25, -0.2) is 0 Å². The lowest BCUT2D eigenvalue weighted by molar-refractivity contribution is -0.121. The predicted molar refractivity (Wildman–Crippen MR) is 91.1 cm³/mol. The first kappa shape index (κ1) is 18.0. The molecular weight excluding hydrogens is 330 g/mol. The van der Waals surface area contributed by atoms with Gasteiger partial charge in [0, 0.05) is 35.7 Å². The van der Waals surface area contributed by atoms with Crippen molar-refractivity contribution in [2.45, 2.75) is 26.7 Å². The summed E-state index contributed by atoms with van der Waals surface area (Å²) in [5, 5.41) is 9.96. The van der Waals surface area contributed by atoms with Crippen molar-refractivity contribution in [2.75, 3.05) is 13.1 Å². The highest BCUT2D eigenvalue weighted by molar-refractivity contribution is 6.30. The van der Waals surface area contributed by atoms with Crippen molar-refractivity contribution in [1.29, 1.82) is 0 Å². The van der Waals surface area contributed by atoms with E-state index in [0.717, 1.165) is 17.0 Å². The first-order valence-electron chi connectivity index (χ1n) is 7.69. The van der Waals surface area contributed by atoms with Crippen LogP contribution in [0.3, 0.4) is 0 Å². The quantitative estimate of drug-likeness (QED) is 0.752. The van der Waals surface area contributed by atoms with E-state index in [4.69, 9.17) is 16.1 Å². The highest BCUT2D eigenvalue weighted by Gasteiger charge is 2.11. The molecule has 0 aliphatic heterocycles. The Labute approximate surface area is 145 Å². The molecule has 0 bridgehead atoms. The van der Waals surface area contributed by atoms with Crippen molar-refractivity contribution in [1.82, 2.24) is 15.8 Å². The monoisotopic (exact) mass is 349 g/mol. The lowest BCUT2D eigenvalue weighted by Gasteiger charge is -2.07. The van der Waals surface area contributed by atoms with Crippen LogP contribution in [-0.4, -0.2) is 30.1 Å². The van der Waals surface area contributed by atoms with Gasteiger partial charge in [0.15, 0.2) is 0 Å². The van der Waals surface area contributed by atoms with E-state index in [1.165, 1.54) is 0 Å². The standard InChI is InChI=1S/C17H20ClN3O3/c1-11-15(12(2)24-21-11)7-8-16(22)19-9-10-20-17(23)13-3-5-14(18)6-4-13/h3-6H,7-10H2,1-2H3,(H,19,22)(H,20,23). The van der Waals surface area contributed by atoms with Crippen molar-refractivity contribution < 1.29 is 14.1 Å². The number of carbonyl (C=O) groups is 2. The number of nitrogens with one attached hydrogen (secondary N) is 2. The number of halogens is 1. The van der Waals surface area contributed by atoms with E-state index < -0.39 is 0 Å². The molecule has 2 rings (SSSR count). The summed E-state index contributed by atoms with van der Waals surface area (Å²) in [6.07, 6.45) is 0.943. The average molecular weight is 350 g/mol. The van der Waals surface area contributed by atoms with Gasteiger partial charge in [0.05, 0.1) is 5.69 Å². The summed E-state index contributed by atoms with van der Waals surface area (Å²) < 4.78 is 5.06. The molecule has 1 aromatic heterocycles. The normalized spacial score (nSPS) is 10.5. The fourth-order valence-corrected chi connectivity index (χ4v) is 2.39. The van der Waals surface area contributed by atoms with Gasteiger partial charge in [0.1, 0.15) is 5.76 Å². The summed E-state index contributed by atoms with van der Waals surface area (Å²) in [5.74, 6) is 0.475. The number of nitrogens with zero attached hydrogens (tertiary/aromatic N) is 1. The molecule has 2 N–H and O–H groups in total. The number of hydrogen-bond donors (Lipinski definition) is 2. The molecule has 2 aromatic rings. The topological polar surface area (TPSA) is 84.2 Å². The zero-order chi connectivity index (χ0) is 17.5. The van der Waals surface area contributed by atoms with E-state index >= 15 is 0 Å². The van der Waals surface area contributed by atoms with Crippen LogP contribution in [0.15, 0.2) is 28.8 Å². The van der Waals surface area contributed by atoms with Crippen molar-refractivity contribution in [3.8, 4) is 0 Å². The molecule has 128 valence electrons. The van der Waals surface area contributed by atoms with Gasteiger partial charge in [-0.15, -0.1) is 0 Å². The van der Waals surface area contributed by atoms with E-state index in [2.05, 4.69) is 15.8 Å². The number of aryl methyl sites for hydroxylation is 2. The van der Waals surface area contributed by atoms with Crippen LogP contribution < -0.4 is 10.6 Å². The fraction of sp³-hybridized carbons (Fsp3) is 0.353. The fourth-order valence-electron chi connectivity index (χ4n) is 2.27. The molecular formula is C17H20ClN3O3. The Bertz CT molecular complexity index is 691. The summed E-state index contributed by atoms with van der Waals surface area (Å²) in [6, 6.07) is 6.62. The molecule has 1 aromatic carbocycles. The maximum Gasteiger partial charge on any atom is 0.251 e. The van der Waals surface area contributed by atoms with Gasteiger partial charge in [-0.1, -0.05) is 16.8 Å². The maximum absolute atomic E-state index is 11.9. The molecule has 0 spiro atoms. The van der Waals surface area contributed by atoms with Crippen LogP contribution in [0, 0.1) is 13.8 Å². The molecule has 0 aliphatic rings. The van der Waals surface area contributed by atoms with Crippen molar-refractivity contribution in [3.05, 3.63) is 51.9 Å². The van der Waals surface area contributed by atoms with Gasteiger partial charge >= 0.3 is 0 Å². The highest BCUT2D eigenvalue weighted by atomic mass is 35.5. The number of carbonyl (C=O) groups excluding carboxylic acids is 2. The second kappa shape index (κ2) is 8.49. The van der Waals surface area contributed by atoms with Gasteiger partial charge in [0.25, 0.3) is 5.91 Å². The molecule has 24 heavy (non-hydrogen) atoms. The van der Waals surface area contributed by atoms with Crippen molar-refractivity contribution in [3.63, 3.8) is 0 Å². The third-order valence-corrected chi connectivity index (χ3v) is 3.87. The molecule has 0 saturated carbocycles. The molecule has 0 radical (unpaired) electrons. The second-order valence-corrected chi connectivity index (χ2v) is 5.85. The molecule has 7 heteroatoms. The van der Waals surface area contributed by atoms with Gasteiger partial charge in [0.2, 0.25) is 5.91 Å². The van der Waals surface area contributed by atoms with Gasteiger partial charge in [-0.05, 0) is 44.5 Å². The zero-order valence-corrected chi connectivity index (χ0v) is 14.4. The van der Waals surface area contributed by atoms with Crippen LogP contribution in [0.25, 0.3) is 0 Å². The Morgan fingerprint density at radius 2 is 1.79 bits per heavy atom. The SMILES string of the molecule is Cc1noc(C)c1CCC(=O)NCCNC(=O)c1ccc(Cl)cc1. The smallest absolute Gasteiger partial charge is 0.251 e. The van der Waals surface area contributed by atoms with Crippen LogP contribution in [0.2, 0.25) is 5.02 Å². The highest BCUT2D eigenvalue weighted by Crippen LogP contribution is 2.14. The van der Waals surface area contributed by atoms with E-state index in [1.54, 1.807) is 24.3 Å². The molecule has 0 aliphatic carbocycles. The van der Waals surface area contributed by atoms with Crippen LogP contribution in [-0.2, 0) is 11.2 Å². The number of aromatic nitrogens is 1. The average Bonchev–Trinajstić information content (AvgIpc) is 2.88. The Morgan fingerprint density at radius 3 is 2.42 bits per heavy atom. The number of hydrogen-bond acceptors (Lipinski definition) is 4. The zero-order valence-electron chi connectivity index (χ0n) is 13.7. The molecule has 0 atom stereocenters. The summed E-state index contributed by atoms with van der Waals surface area (Å²) in [5.41, 5.74) is 2.32. The summed E-state index contributed by atoms with van der Waals surface area (Å²) in [7, 11) is 0. The molecule has 6 nitrogen and oxygen atoms in total. The summed E-state index contributed by atoms with van der Waals surface area (Å²) >= 11 is 5.78. The third-order valence-electron chi connectivity index (χ3n) is 3.62. The van der Waals surface area contributed by atoms with Gasteiger partial charge in [-0.3, -0.25) is 9.59 Å². The molecule has 1 heterocycles. The molecule has 2 amide bonds. The van der Waals surface area contributed by atoms with Crippen molar-refractivity contribution in [2.24, 2.45) is 0 Å². The predicted octanol–water partition coefficient (Wildman–Crippen LogP) is 2.42. The second-order valence-electron chi connectivity index (χ2n) is 5.42.